The molecule has 1 heterocycles. The Morgan fingerprint density at radius 2 is 1.71 bits per heavy atom. The van der Waals surface area contributed by atoms with Crippen molar-refractivity contribution < 1.29 is 0 Å². The Morgan fingerprint density at radius 3 is 2.46 bits per heavy atom. The van der Waals surface area contributed by atoms with E-state index in [9.17, 15) is 0 Å². The first kappa shape index (κ1) is 16.0. The second kappa shape index (κ2) is 6.78. The van der Waals surface area contributed by atoms with E-state index < -0.39 is 0 Å². The van der Waals surface area contributed by atoms with Crippen molar-refractivity contribution in [3.05, 3.63) is 24.3 Å². The number of hydrogen-bond acceptors (Lipinski definition) is 2. The van der Waals surface area contributed by atoms with Gasteiger partial charge in [0.15, 0.2) is 0 Å². The summed E-state index contributed by atoms with van der Waals surface area (Å²) in [4.78, 5) is 5.15. The first-order chi connectivity index (χ1) is 11.8. The number of amidine groups is 1. The predicted molar refractivity (Wildman–Crippen MR) is 103 cm³/mol. The molecule has 2 fully saturated rings. The lowest BCUT2D eigenvalue weighted by Crippen LogP contribution is -2.54. The fourth-order valence-corrected chi connectivity index (χ4v) is 4.66. The molecule has 2 N–H and O–H groups in total. The third-order valence-corrected chi connectivity index (χ3v) is 6.37. The minimum absolute atomic E-state index is 0.0372. The highest BCUT2D eigenvalue weighted by Crippen LogP contribution is 2.41. The third-order valence-electron chi connectivity index (χ3n) is 6.37. The van der Waals surface area contributed by atoms with E-state index in [1.165, 1.54) is 75.0 Å². The summed E-state index contributed by atoms with van der Waals surface area (Å²) in [6.45, 7) is 3.39. The number of aliphatic imine (C=N–C) groups is 1. The van der Waals surface area contributed by atoms with Crippen molar-refractivity contribution in [3.8, 4) is 0 Å². The van der Waals surface area contributed by atoms with Crippen LogP contribution in [0.3, 0.4) is 0 Å². The van der Waals surface area contributed by atoms with Crippen LogP contribution >= 0.6 is 0 Å². The molecule has 2 aliphatic carbocycles. The molecule has 3 aliphatic rings. The largest absolute Gasteiger partial charge is 0.371 e. The van der Waals surface area contributed by atoms with Gasteiger partial charge in [-0.2, -0.15) is 0 Å². The Bertz CT molecular complexity index is 593. The van der Waals surface area contributed by atoms with E-state index in [4.69, 9.17) is 4.99 Å². The number of anilines is 2. The third kappa shape index (κ3) is 3.18. The van der Waals surface area contributed by atoms with Gasteiger partial charge in [0.05, 0.1) is 16.9 Å². The maximum atomic E-state index is 5.15. The molecule has 4 rings (SSSR count). The number of fused-ring (bicyclic) bond motifs is 1. The summed E-state index contributed by atoms with van der Waals surface area (Å²) in [6, 6.07) is 8.58. The van der Waals surface area contributed by atoms with Crippen molar-refractivity contribution in [2.45, 2.75) is 70.3 Å². The van der Waals surface area contributed by atoms with Crippen molar-refractivity contribution in [2.24, 2.45) is 16.8 Å². The summed E-state index contributed by atoms with van der Waals surface area (Å²) in [5.41, 5.74) is 2.46. The number of nitrogens with zero attached hydrogens (tertiary/aromatic N) is 1. The van der Waals surface area contributed by atoms with Crippen LogP contribution in [0.25, 0.3) is 0 Å². The first-order valence-corrected chi connectivity index (χ1v) is 9.94. The van der Waals surface area contributed by atoms with Gasteiger partial charge in [0, 0.05) is 6.54 Å². The fourth-order valence-electron chi connectivity index (χ4n) is 4.66. The van der Waals surface area contributed by atoms with E-state index in [-0.39, 0.29) is 5.54 Å². The Balaban J connectivity index is 1.58. The molecule has 0 atom stereocenters. The van der Waals surface area contributed by atoms with Gasteiger partial charge in [0.25, 0.3) is 0 Å². The number of nitrogens with one attached hydrogen (secondary N) is 2. The summed E-state index contributed by atoms with van der Waals surface area (Å²) in [6.07, 6.45) is 11.9. The quantitative estimate of drug-likeness (QED) is 0.758. The van der Waals surface area contributed by atoms with Crippen LogP contribution < -0.4 is 10.6 Å². The Labute approximate surface area is 146 Å². The summed E-state index contributed by atoms with van der Waals surface area (Å²) < 4.78 is 0. The van der Waals surface area contributed by atoms with E-state index in [0.717, 1.165) is 18.4 Å². The summed E-state index contributed by atoms with van der Waals surface area (Å²) in [5.74, 6) is 2.85. The predicted octanol–water partition coefficient (Wildman–Crippen LogP) is 5.45. The van der Waals surface area contributed by atoms with Crippen LogP contribution in [0.5, 0.6) is 0 Å². The highest BCUT2D eigenvalue weighted by molar-refractivity contribution is 6.09. The summed E-state index contributed by atoms with van der Waals surface area (Å²) >= 11 is 0. The van der Waals surface area contributed by atoms with Crippen molar-refractivity contribution >= 4 is 17.2 Å². The Hall–Kier alpha value is -1.51. The molecule has 0 aromatic heterocycles. The molecule has 1 spiro atoms. The summed E-state index contributed by atoms with van der Waals surface area (Å²) in [5, 5.41) is 7.58. The molecule has 0 amide bonds. The molecule has 24 heavy (non-hydrogen) atoms. The van der Waals surface area contributed by atoms with Gasteiger partial charge >= 0.3 is 0 Å². The van der Waals surface area contributed by atoms with Crippen molar-refractivity contribution in [1.82, 2.24) is 0 Å². The summed E-state index contributed by atoms with van der Waals surface area (Å²) in [7, 11) is 0. The molecular weight excluding hydrogens is 294 g/mol. The average Bonchev–Trinajstić information content (AvgIpc) is 2.63. The van der Waals surface area contributed by atoms with Crippen LogP contribution in [0.4, 0.5) is 11.4 Å². The van der Waals surface area contributed by atoms with Crippen LogP contribution in [0, 0.1) is 11.8 Å². The van der Waals surface area contributed by atoms with Gasteiger partial charge in [-0.3, -0.25) is 4.99 Å². The van der Waals surface area contributed by atoms with Gasteiger partial charge in [-0.25, -0.2) is 0 Å². The highest BCUT2D eigenvalue weighted by Gasteiger charge is 2.42. The smallest absolute Gasteiger partial charge is 0.127 e. The van der Waals surface area contributed by atoms with Crippen molar-refractivity contribution in [3.63, 3.8) is 0 Å². The second-order valence-electron chi connectivity index (χ2n) is 8.25. The van der Waals surface area contributed by atoms with Crippen LogP contribution in [0.1, 0.15) is 64.7 Å². The molecular formula is C21H31N3. The van der Waals surface area contributed by atoms with E-state index in [1.807, 2.05) is 0 Å². The maximum Gasteiger partial charge on any atom is 0.127 e. The van der Waals surface area contributed by atoms with Crippen molar-refractivity contribution in [1.29, 1.82) is 0 Å². The second-order valence-corrected chi connectivity index (χ2v) is 8.25. The molecule has 3 nitrogen and oxygen atoms in total. The van der Waals surface area contributed by atoms with Crippen LogP contribution in [0.2, 0.25) is 0 Å². The van der Waals surface area contributed by atoms with Gasteiger partial charge in [-0.15, -0.1) is 0 Å². The minimum Gasteiger partial charge on any atom is -0.371 e. The van der Waals surface area contributed by atoms with Gasteiger partial charge < -0.3 is 10.6 Å². The molecule has 3 heteroatoms. The standard InChI is InChI=1S/C21H31N3/c1-16-11-13-21(14-12-16)20(22-15-17-7-3-2-4-8-17)23-18-9-5-6-10-19(18)24-21/h5-6,9-10,16-17,24H,2-4,7-8,11-15H2,1H3,(H,22,23). The lowest BCUT2D eigenvalue weighted by molar-refractivity contribution is 0.320. The van der Waals surface area contributed by atoms with Gasteiger partial charge in [-0.05, 0) is 62.5 Å². The Kier molecular flexibility index (Phi) is 4.51. The molecule has 0 bridgehead atoms. The average molecular weight is 326 g/mol. The van der Waals surface area contributed by atoms with Gasteiger partial charge in [0.1, 0.15) is 5.84 Å². The molecule has 0 unspecified atom stereocenters. The lowest BCUT2D eigenvalue weighted by Gasteiger charge is -2.45. The van der Waals surface area contributed by atoms with Gasteiger partial charge in [0.2, 0.25) is 0 Å². The number of para-hydroxylation sites is 2. The zero-order valence-corrected chi connectivity index (χ0v) is 15.0. The number of benzene rings is 1. The van der Waals surface area contributed by atoms with E-state index >= 15 is 0 Å². The molecule has 2 saturated carbocycles. The zero-order chi connectivity index (χ0) is 16.4. The topological polar surface area (TPSA) is 36.4 Å². The minimum atomic E-state index is 0.0372. The molecule has 0 saturated heterocycles. The molecule has 130 valence electrons. The number of rotatable bonds is 2. The highest BCUT2D eigenvalue weighted by atomic mass is 15.2. The Morgan fingerprint density at radius 1 is 1.00 bits per heavy atom. The molecule has 1 aliphatic heterocycles. The SMILES string of the molecule is CC1CCC2(CC1)Nc1ccccc1NC2=NCC1CCCCC1. The van der Waals surface area contributed by atoms with Gasteiger partial charge in [-0.1, -0.05) is 38.3 Å². The molecule has 0 radical (unpaired) electrons. The van der Waals surface area contributed by atoms with Crippen LogP contribution in [0.15, 0.2) is 29.3 Å². The first-order valence-electron chi connectivity index (χ1n) is 9.94. The fraction of sp³-hybridized carbons (Fsp3) is 0.667. The van der Waals surface area contributed by atoms with Crippen LogP contribution in [-0.2, 0) is 0 Å². The lowest BCUT2D eigenvalue weighted by atomic mass is 9.75. The van der Waals surface area contributed by atoms with Crippen LogP contribution in [-0.4, -0.2) is 17.9 Å². The van der Waals surface area contributed by atoms with Crippen molar-refractivity contribution in [2.75, 3.05) is 17.2 Å². The monoisotopic (exact) mass is 325 g/mol. The zero-order valence-electron chi connectivity index (χ0n) is 15.0. The van der Waals surface area contributed by atoms with E-state index in [2.05, 4.69) is 41.8 Å². The van der Waals surface area contributed by atoms with E-state index in [1.54, 1.807) is 0 Å². The van der Waals surface area contributed by atoms with E-state index in [0.29, 0.717) is 0 Å². The maximum absolute atomic E-state index is 5.15. The molecule has 1 aromatic rings. The molecule has 1 aromatic carbocycles. The normalized spacial score (nSPS) is 32.2. The number of hydrogen-bond donors (Lipinski definition) is 2.